The topological polar surface area (TPSA) is 57.5 Å². The molecule has 1 saturated carbocycles. The second-order valence-corrected chi connectivity index (χ2v) is 4.03. The lowest BCUT2D eigenvalue weighted by molar-refractivity contribution is -0.148. The summed E-state index contributed by atoms with van der Waals surface area (Å²) in [5, 5.41) is 18.7. The van der Waals surface area contributed by atoms with Gasteiger partial charge in [0.1, 0.15) is 11.6 Å². The third kappa shape index (κ3) is 1.57. The summed E-state index contributed by atoms with van der Waals surface area (Å²) in [6.45, 7) is 0. The summed E-state index contributed by atoms with van der Waals surface area (Å²) in [6.07, 6.45) is -0.945. The molecule has 0 spiro atoms. The van der Waals surface area contributed by atoms with Crippen molar-refractivity contribution in [2.24, 2.45) is 5.41 Å². The van der Waals surface area contributed by atoms with Crippen molar-refractivity contribution in [2.75, 3.05) is 0 Å². The second kappa shape index (κ2) is 3.52. The van der Waals surface area contributed by atoms with Crippen molar-refractivity contribution in [3.8, 4) is 0 Å². The van der Waals surface area contributed by atoms with Crippen LogP contribution in [0, 0.1) is 17.0 Å². The summed E-state index contributed by atoms with van der Waals surface area (Å²) in [6, 6.07) is 2.64. The van der Waals surface area contributed by atoms with Crippen LogP contribution in [0.25, 0.3) is 0 Å². The maximum atomic E-state index is 13.3. The Morgan fingerprint density at radius 2 is 2.00 bits per heavy atom. The molecular formula is C11H10F2O3. The molecule has 2 rings (SSSR count). The van der Waals surface area contributed by atoms with Gasteiger partial charge >= 0.3 is 5.97 Å². The van der Waals surface area contributed by atoms with Crippen LogP contribution in [-0.4, -0.2) is 16.2 Å². The summed E-state index contributed by atoms with van der Waals surface area (Å²) in [7, 11) is 0. The fourth-order valence-corrected chi connectivity index (χ4v) is 1.76. The molecule has 16 heavy (non-hydrogen) atoms. The van der Waals surface area contributed by atoms with Gasteiger partial charge in [-0.15, -0.1) is 0 Å². The fourth-order valence-electron chi connectivity index (χ4n) is 1.76. The molecule has 3 nitrogen and oxygen atoms in total. The van der Waals surface area contributed by atoms with Crippen LogP contribution >= 0.6 is 0 Å². The molecule has 1 atom stereocenters. The van der Waals surface area contributed by atoms with E-state index in [4.69, 9.17) is 5.11 Å². The number of aliphatic hydroxyl groups is 1. The molecule has 1 fully saturated rings. The number of benzene rings is 1. The van der Waals surface area contributed by atoms with Crippen molar-refractivity contribution in [3.05, 3.63) is 35.4 Å². The maximum Gasteiger partial charge on any atom is 0.312 e. The molecule has 86 valence electrons. The molecule has 0 amide bonds. The Morgan fingerprint density at radius 1 is 1.38 bits per heavy atom. The number of carboxylic acids is 1. The number of halogens is 2. The predicted molar refractivity (Wildman–Crippen MR) is 50.6 cm³/mol. The highest BCUT2D eigenvalue weighted by molar-refractivity contribution is 5.79. The Bertz CT molecular complexity index is 441. The van der Waals surface area contributed by atoms with E-state index in [1.165, 1.54) is 0 Å². The molecule has 0 aromatic heterocycles. The molecule has 1 aliphatic carbocycles. The average Bonchev–Trinajstić information content (AvgIpc) is 3.01. The number of carboxylic acid groups (broad SMARTS) is 1. The number of aliphatic carboxylic acids is 1. The standard InChI is InChI=1S/C11H10F2O3/c12-6-1-2-8(13)7(5-6)9(14)11(3-4-11)10(15)16/h1-2,5,9,14H,3-4H2,(H,15,16). The first-order valence-electron chi connectivity index (χ1n) is 4.84. The lowest BCUT2D eigenvalue weighted by Gasteiger charge is -2.18. The first-order valence-corrected chi connectivity index (χ1v) is 4.84. The molecule has 0 radical (unpaired) electrons. The molecule has 1 aromatic carbocycles. The van der Waals surface area contributed by atoms with Crippen molar-refractivity contribution in [3.63, 3.8) is 0 Å². The molecule has 5 heteroatoms. The highest BCUT2D eigenvalue weighted by Gasteiger charge is 2.57. The third-order valence-corrected chi connectivity index (χ3v) is 2.99. The third-order valence-electron chi connectivity index (χ3n) is 2.99. The number of carbonyl (C=O) groups is 1. The molecule has 0 aliphatic heterocycles. The number of aliphatic hydroxyl groups excluding tert-OH is 1. The molecule has 1 unspecified atom stereocenters. The van der Waals surface area contributed by atoms with Gasteiger partial charge in [0.2, 0.25) is 0 Å². The van der Waals surface area contributed by atoms with Crippen molar-refractivity contribution in [1.29, 1.82) is 0 Å². The van der Waals surface area contributed by atoms with Crippen molar-refractivity contribution in [2.45, 2.75) is 18.9 Å². The van der Waals surface area contributed by atoms with Crippen LogP contribution in [0.1, 0.15) is 24.5 Å². The van der Waals surface area contributed by atoms with E-state index in [0.717, 1.165) is 18.2 Å². The van der Waals surface area contributed by atoms with E-state index in [1.54, 1.807) is 0 Å². The van der Waals surface area contributed by atoms with Crippen LogP contribution in [0.3, 0.4) is 0 Å². The van der Waals surface area contributed by atoms with Crippen molar-refractivity contribution < 1.29 is 23.8 Å². The van der Waals surface area contributed by atoms with Crippen LogP contribution in [-0.2, 0) is 4.79 Å². The zero-order valence-electron chi connectivity index (χ0n) is 8.28. The Hall–Kier alpha value is -1.49. The minimum Gasteiger partial charge on any atom is -0.481 e. The maximum absolute atomic E-state index is 13.3. The van der Waals surface area contributed by atoms with Gasteiger partial charge in [0.05, 0.1) is 11.5 Å². The minimum atomic E-state index is -1.50. The Kier molecular flexibility index (Phi) is 2.42. The summed E-state index contributed by atoms with van der Waals surface area (Å²) in [5.41, 5.74) is -1.63. The summed E-state index contributed by atoms with van der Waals surface area (Å²) < 4.78 is 26.2. The molecular weight excluding hydrogens is 218 g/mol. The molecule has 0 saturated heterocycles. The Balaban J connectivity index is 2.38. The quantitative estimate of drug-likeness (QED) is 0.830. The van der Waals surface area contributed by atoms with Gasteiger partial charge in [-0.1, -0.05) is 0 Å². The van der Waals surface area contributed by atoms with Crippen molar-refractivity contribution >= 4 is 5.97 Å². The van der Waals surface area contributed by atoms with Gasteiger partial charge in [-0.05, 0) is 31.0 Å². The zero-order valence-corrected chi connectivity index (χ0v) is 8.28. The van der Waals surface area contributed by atoms with Gasteiger partial charge in [-0.2, -0.15) is 0 Å². The van der Waals surface area contributed by atoms with E-state index in [0.29, 0.717) is 0 Å². The van der Waals surface area contributed by atoms with Gasteiger partial charge in [0.25, 0.3) is 0 Å². The van der Waals surface area contributed by atoms with Gasteiger partial charge < -0.3 is 10.2 Å². The summed E-state index contributed by atoms with van der Waals surface area (Å²) in [4.78, 5) is 10.9. The highest BCUT2D eigenvalue weighted by atomic mass is 19.1. The lowest BCUT2D eigenvalue weighted by Crippen LogP contribution is -2.24. The van der Waals surface area contributed by atoms with Crippen LogP contribution < -0.4 is 0 Å². The van der Waals surface area contributed by atoms with E-state index in [2.05, 4.69) is 0 Å². The summed E-state index contributed by atoms with van der Waals surface area (Å²) in [5.74, 6) is -2.67. The first-order chi connectivity index (χ1) is 7.47. The van der Waals surface area contributed by atoms with E-state index < -0.39 is 29.1 Å². The average molecular weight is 228 g/mol. The fraction of sp³-hybridized carbons (Fsp3) is 0.364. The Labute approximate surface area is 90.3 Å². The smallest absolute Gasteiger partial charge is 0.312 e. The van der Waals surface area contributed by atoms with Gasteiger partial charge in [-0.3, -0.25) is 4.79 Å². The van der Waals surface area contributed by atoms with Crippen molar-refractivity contribution in [1.82, 2.24) is 0 Å². The highest BCUT2D eigenvalue weighted by Crippen LogP contribution is 2.55. The van der Waals surface area contributed by atoms with E-state index in [-0.39, 0.29) is 18.4 Å². The molecule has 1 aliphatic rings. The molecule has 1 aromatic rings. The van der Waals surface area contributed by atoms with Gasteiger partial charge in [-0.25, -0.2) is 8.78 Å². The first kappa shape index (κ1) is 11.0. The SMILES string of the molecule is O=C(O)C1(C(O)c2cc(F)ccc2F)CC1. The lowest BCUT2D eigenvalue weighted by atomic mass is 9.92. The normalized spacial score (nSPS) is 19.2. The zero-order chi connectivity index (χ0) is 11.9. The van der Waals surface area contributed by atoms with Crippen LogP contribution in [0.4, 0.5) is 8.78 Å². The van der Waals surface area contributed by atoms with Gasteiger partial charge in [0.15, 0.2) is 0 Å². The predicted octanol–water partition coefficient (Wildman–Crippen LogP) is 1.86. The van der Waals surface area contributed by atoms with Gasteiger partial charge in [0, 0.05) is 5.56 Å². The van der Waals surface area contributed by atoms with Crippen LogP contribution in [0.5, 0.6) is 0 Å². The number of rotatable bonds is 3. The van der Waals surface area contributed by atoms with E-state index >= 15 is 0 Å². The molecule has 0 bridgehead atoms. The largest absolute Gasteiger partial charge is 0.481 e. The molecule has 2 N–H and O–H groups in total. The summed E-state index contributed by atoms with van der Waals surface area (Å²) >= 11 is 0. The van der Waals surface area contributed by atoms with E-state index in [1.807, 2.05) is 0 Å². The molecule has 0 heterocycles. The minimum absolute atomic E-state index is 0.277. The Morgan fingerprint density at radius 3 is 2.50 bits per heavy atom. The number of hydrogen-bond acceptors (Lipinski definition) is 2. The monoisotopic (exact) mass is 228 g/mol. The van der Waals surface area contributed by atoms with E-state index in [9.17, 15) is 18.7 Å². The second-order valence-electron chi connectivity index (χ2n) is 4.03. The number of hydrogen-bond donors (Lipinski definition) is 2. The van der Waals surface area contributed by atoms with Crippen LogP contribution in [0.15, 0.2) is 18.2 Å². The van der Waals surface area contributed by atoms with Crippen LogP contribution in [0.2, 0.25) is 0 Å².